The van der Waals surface area contributed by atoms with Gasteiger partial charge in [0.1, 0.15) is 11.3 Å². The number of nitrogens with one attached hydrogen (secondary N) is 1. The highest BCUT2D eigenvalue weighted by molar-refractivity contribution is 6.06. The van der Waals surface area contributed by atoms with Crippen LogP contribution in [0.25, 0.3) is 5.69 Å². The highest BCUT2D eigenvalue weighted by Crippen LogP contribution is 2.22. The smallest absolute Gasteiger partial charge is 0.343 e. The van der Waals surface area contributed by atoms with Crippen molar-refractivity contribution in [2.45, 2.75) is 27.5 Å². The van der Waals surface area contributed by atoms with Crippen molar-refractivity contribution in [2.24, 2.45) is 0 Å². The Morgan fingerprint density at radius 1 is 1.06 bits per heavy atom. The van der Waals surface area contributed by atoms with E-state index in [-0.39, 0.29) is 30.4 Å². The van der Waals surface area contributed by atoms with Gasteiger partial charge in [0.2, 0.25) is 0 Å². The largest absolute Gasteiger partial charge is 0.471 e. The molecule has 0 spiro atoms. The molecule has 0 aliphatic carbocycles. The minimum Gasteiger partial charge on any atom is -0.471 e. The Bertz CT molecular complexity index is 1310. The Kier molecular flexibility index (Phi) is 6.72. The average Bonchev–Trinajstić information content (AvgIpc) is 3.48. The minimum absolute atomic E-state index is 0.146. The van der Waals surface area contributed by atoms with Crippen LogP contribution in [0.2, 0.25) is 0 Å². The molecule has 0 saturated heterocycles. The van der Waals surface area contributed by atoms with Gasteiger partial charge in [0, 0.05) is 6.20 Å². The van der Waals surface area contributed by atoms with Crippen LogP contribution in [0.3, 0.4) is 0 Å². The second kappa shape index (κ2) is 10.0. The summed E-state index contributed by atoms with van der Waals surface area (Å²) < 4.78 is 14.0. The van der Waals surface area contributed by atoms with Crippen LogP contribution in [0.1, 0.15) is 38.9 Å². The average molecular weight is 460 g/mol. The molecule has 0 unspecified atom stereocenters. The summed E-state index contributed by atoms with van der Waals surface area (Å²) in [4.78, 5) is 25.4. The molecule has 0 bridgehead atoms. The van der Waals surface area contributed by atoms with Crippen LogP contribution in [0, 0.1) is 13.8 Å². The molecule has 174 valence electrons. The predicted octanol–water partition coefficient (Wildman–Crippen LogP) is 4.15. The fourth-order valence-corrected chi connectivity index (χ4v) is 3.32. The zero-order chi connectivity index (χ0) is 24.1. The predicted molar refractivity (Wildman–Crippen MR) is 126 cm³/mol. The topological polar surface area (TPSA) is 100 Å². The Balaban J connectivity index is 1.53. The molecule has 1 N–H and O–H groups in total. The molecule has 4 aromatic rings. The highest BCUT2D eigenvalue weighted by Gasteiger charge is 2.23. The molecule has 1 amide bonds. The van der Waals surface area contributed by atoms with Crippen molar-refractivity contribution in [3.8, 4) is 11.4 Å². The Labute approximate surface area is 196 Å². The molecule has 2 aromatic heterocycles. The number of aromatic nitrogens is 4. The van der Waals surface area contributed by atoms with E-state index in [1.54, 1.807) is 19.2 Å². The van der Waals surface area contributed by atoms with Crippen molar-refractivity contribution >= 4 is 17.7 Å². The van der Waals surface area contributed by atoms with Crippen molar-refractivity contribution in [3.05, 3.63) is 89.4 Å². The summed E-state index contributed by atoms with van der Waals surface area (Å²) >= 11 is 0. The maximum Gasteiger partial charge on any atom is 0.343 e. The number of nitrogens with zero attached hydrogens (tertiary/aromatic N) is 4. The second-order valence-electron chi connectivity index (χ2n) is 7.61. The van der Waals surface area contributed by atoms with Gasteiger partial charge in [-0.2, -0.15) is 10.2 Å². The Hall–Kier alpha value is -4.40. The molecular weight excluding hydrogens is 434 g/mol. The van der Waals surface area contributed by atoms with E-state index in [0.29, 0.717) is 5.69 Å². The fourth-order valence-electron chi connectivity index (χ4n) is 3.32. The number of rotatable bonds is 8. The van der Waals surface area contributed by atoms with E-state index >= 15 is 0 Å². The van der Waals surface area contributed by atoms with E-state index in [4.69, 9.17) is 9.47 Å². The maximum atomic E-state index is 13.0. The molecule has 9 nitrogen and oxygen atoms in total. The molecule has 0 radical (unpaired) electrons. The first-order valence-electron chi connectivity index (χ1n) is 10.8. The Morgan fingerprint density at radius 3 is 2.62 bits per heavy atom. The van der Waals surface area contributed by atoms with Gasteiger partial charge in [0.05, 0.1) is 18.5 Å². The number of anilines is 1. The van der Waals surface area contributed by atoms with Gasteiger partial charge in [-0.3, -0.25) is 4.79 Å². The van der Waals surface area contributed by atoms with E-state index in [1.807, 2.05) is 62.4 Å². The SMILES string of the molecule is CCOC(=O)c1cnn(-c2ccccc2)c1NC(=O)c1ccn(COc2cc(C)ccc2C)n1. The lowest BCUT2D eigenvalue weighted by molar-refractivity contribution is 0.0527. The van der Waals surface area contributed by atoms with Gasteiger partial charge in [-0.1, -0.05) is 30.3 Å². The van der Waals surface area contributed by atoms with Gasteiger partial charge in [-0.25, -0.2) is 14.2 Å². The zero-order valence-corrected chi connectivity index (χ0v) is 19.2. The summed E-state index contributed by atoms with van der Waals surface area (Å²) in [6, 6.07) is 16.7. The molecule has 0 atom stereocenters. The summed E-state index contributed by atoms with van der Waals surface area (Å²) in [5, 5.41) is 11.3. The van der Waals surface area contributed by atoms with E-state index in [1.165, 1.54) is 15.6 Å². The fraction of sp³-hybridized carbons (Fsp3) is 0.200. The van der Waals surface area contributed by atoms with Crippen molar-refractivity contribution in [2.75, 3.05) is 11.9 Å². The lowest BCUT2D eigenvalue weighted by atomic mass is 10.1. The van der Waals surface area contributed by atoms with Crippen molar-refractivity contribution in [3.63, 3.8) is 0 Å². The van der Waals surface area contributed by atoms with E-state index in [0.717, 1.165) is 16.9 Å². The monoisotopic (exact) mass is 459 g/mol. The van der Waals surface area contributed by atoms with E-state index in [2.05, 4.69) is 15.5 Å². The molecule has 0 fully saturated rings. The minimum atomic E-state index is -0.576. The highest BCUT2D eigenvalue weighted by atomic mass is 16.5. The number of esters is 1. The molecule has 9 heteroatoms. The van der Waals surface area contributed by atoms with Gasteiger partial charge in [0.15, 0.2) is 18.2 Å². The van der Waals surface area contributed by atoms with Crippen LogP contribution >= 0.6 is 0 Å². The number of carbonyl (C=O) groups is 2. The molecule has 0 saturated carbocycles. The molecule has 2 aromatic carbocycles. The van der Waals surface area contributed by atoms with Gasteiger partial charge in [-0.15, -0.1) is 0 Å². The van der Waals surface area contributed by atoms with Crippen LogP contribution in [0.4, 0.5) is 5.82 Å². The number of amides is 1. The number of ether oxygens (including phenoxy) is 2. The number of carbonyl (C=O) groups excluding carboxylic acids is 2. The number of benzene rings is 2. The van der Waals surface area contributed by atoms with E-state index in [9.17, 15) is 9.59 Å². The number of hydrogen-bond donors (Lipinski definition) is 1. The summed E-state index contributed by atoms with van der Waals surface area (Å²) in [7, 11) is 0. The van der Waals surface area contributed by atoms with Gasteiger partial charge in [-0.05, 0) is 56.2 Å². The van der Waals surface area contributed by atoms with Crippen molar-refractivity contribution < 1.29 is 19.1 Å². The molecule has 2 heterocycles. The van der Waals surface area contributed by atoms with Gasteiger partial charge in [0.25, 0.3) is 5.91 Å². The van der Waals surface area contributed by atoms with Crippen LogP contribution in [-0.4, -0.2) is 38.0 Å². The van der Waals surface area contributed by atoms with Crippen LogP contribution < -0.4 is 10.1 Å². The van der Waals surface area contributed by atoms with Crippen LogP contribution in [0.5, 0.6) is 5.75 Å². The number of para-hydroxylation sites is 1. The third kappa shape index (κ3) is 4.98. The van der Waals surface area contributed by atoms with Crippen LogP contribution in [-0.2, 0) is 11.5 Å². The number of hydrogen-bond acceptors (Lipinski definition) is 6. The molecule has 4 rings (SSSR count). The standard InChI is InChI=1S/C25H25N5O4/c1-4-33-25(32)20-15-26-30(19-8-6-5-7-9-19)23(20)27-24(31)21-12-13-29(28-21)16-34-22-14-17(2)10-11-18(22)3/h5-15H,4,16H2,1-3H3,(H,27,31). The van der Waals surface area contributed by atoms with E-state index < -0.39 is 11.9 Å². The summed E-state index contributed by atoms with van der Waals surface area (Å²) in [5.74, 6) is -0.107. The summed E-state index contributed by atoms with van der Waals surface area (Å²) in [6.45, 7) is 6.02. The zero-order valence-electron chi connectivity index (χ0n) is 19.2. The first kappa shape index (κ1) is 22.8. The van der Waals surface area contributed by atoms with Crippen molar-refractivity contribution in [1.29, 1.82) is 0 Å². The quantitative estimate of drug-likeness (QED) is 0.397. The lowest BCUT2D eigenvalue weighted by Crippen LogP contribution is -2.19. The Morgan fingerprint density at radius 2 is 1.85 bits per heavy atom. The molecule has 0 aliphatic heterocycles. The van der Waals surface area contributed by atoms with Crippen molar-refractivity contribution in [1.82, 2.24) is 19.6 Å². The second-order valence-corrected chi connectivity index (χ2v) is 7.61. The molecular formula is C25H25N5O4. The first-order chi connectivity index (χ1) is 16.5. The first-order valence-corrected chi connectivity index (χ1v) is 10.8. The maximum absolute atomic E-state index is 13.0. The molecule has 34 heavy (non-hydrogen) atoms. The summed E-state index contributed by atoms with van der Waals surface area (Å²) in [5.41, 5.74) is 3.10. The molecule has 0 aliphatic rings. The summed E-state index contributed by atoms with van der Waals surface area (Å²) in [6.07, 6.45) is 3.03. The third-order valence-electron chi connectivity index (χ3n) is 5.07. The van der Waals surface area contributed by atoms with Gasteiger partial charge < -0.3 is 14.8 Å². The lowest BCUT2D eigenvalue weighted by Gasteiger charge is -2.11. The van der Waals surface area contributed by atoms with Gasteiger partial charge >= 0.3 is 5.97 Å². The third-order valence-corrected chi connectivity index (χ3v) is 5.07. The number of aryl methyl sites for hydroxylation is 2. The normalized spacial score (nSPS) is 10.7. The van der Waals surface area contributed by atoms with Crippen LogP contribution in [0.15, 0.2) is 67.0 Å².